The van der Waals surface area contributed by atoms with Gasteiger partial charge >= 0.3 is 0 Å². The quantitative estimate of drug-likeness (QED) is 0.574. The van der Waals surface area contributed by atoms with Gasteiger partial charge in [0.25, 0.3) is 6.47 Å². The first-order valence-electron chi connectivity index (χ1n) is 12.0. The molecule has 0 saturated carbocycles. The van der Waals surface area contributed by atoms with E-state index in [1.165, 1.54) is 12.8 Å². The van der Waals surface area contributed by atoms with Crippen molar-refractivity contribution in [1.82, 2.24) is 20.0 Å². The van der Waals surface area contributed by atoms with E-state index in [2.05, 4.69) is 29.0 Å². The second-order valence-corrected chi connectivity index (χ2v) is 10.7. The molecule has 0 bridgehead atoms. The number of likely N-dealkylation sites (N-methyl/N-ethyl adjacent to an activating group) is 2. The predicted octanol–water partition coefficient (Wildman–Crippen LogP) is 2.28. The summed E-state index contributed by atoms with van der Waals surface area (Å²) in [6.45, 7) is 14.3. The van der Waals surface area contributed by atoms with Crippen LogP contribution >= 0.6 is 0 Å². The van der Waals surface area contributed by atoms with Gasteiger partial charge in [0, 0.05) is 19.6 Å². The van der Waals surface area contributed by atoms with Gasteiger partial charge in [-0.1, -0.05) is 41.0 Å². The van der Waals surface area contributed by atoms with E-state index in [4.69, 9.17) is 9.90 Å². The van der Waals surface area contributed by atoms with Crippen molar-refractivity contribution in [2.24, 2.45) is 11.3 Å². The molecular weight excluding hydrogens is 408 g/mol. The Balaban J connectivity index is 0.00000161. The highest BCUT2D eigenvalue weighted by Gasteiger charge is 2.39. The van der Waals surface area contributed by atoms with Gasteiger partial charge in [-0.05, 0) is 63.7 Å². The van der Waals surface area contributed by atoms with Crippen molar-refractivity contribution in [1.29, 1.82) is 0 Å². The van der Waals surface area contributed by atoms with Gasteiger partial charge in [0.05, 0.1) is 6.04 Å². The lowest BCUT2D eigenvalue weighted by atomic mass is 9.84. The molecule has 8 heteroatoms. The van der Waals surface area contributed by atoms with Crippen LogP contribution < -0.4 is 5.32 Å². The molecule has 2 aliphatic heterocycles. The van der Waals surface area contributed by atoms with Gasteiger partial charge in [-0.2, -0.15) is 0 Å². The van der Waals surface area contributed by atoms with Crippen LogP contribution in [0.15, 0.2) is 0 Å². The third-order valence-electron chi connectivity index (χ3n) is 6.73. The minimum atomic E-state index is -0.518. The average molecular weight is 455 g/mol. The Kier molecular flexibility index (Phi) is 11.6. The molecule has 0 unspecified atom stereocenters. The Morgan fingerprint density at radius 3 is 2.12 bits per heavy atom. The molecule has 0 radical (unpaired) electrons. The van der Waals surface area contributed by atoms with Crippen molar-refractivity contribution in [3.8, 4) is 0 Å². The van der Waals surface area contributed by atoms with Crippen molar-refractivity contribution in [2.45, 2.75) is 84.8 Å². The molecule has 0 aromatic carbocycles. The smallest absolute Gasteiger partial charge is 0.290 e. The Morgan fingerprint density at radius 2 is 1.66 bits per heavy atom. The Morgan fingerprint density at radius 1 is 1.12 bits per heavy atom. The van der Waals surface area contributed by atoms with Crippen molar-refractivity contribution < 1.29 is 19.5 Å². The van der Waals surface area contributed by atoms with E-state index in [-0.39, 0.29) is 35.8 Å². The summed E-state index contributed by atoms with van der Waals surface area (Å²) in [5.74, 6) is 0.391. The molecule has 2 aliphatic rings. The molecule has 0 aromatic heterocycles. The molecule has 0 spiro atoms. The van der Waals surface area contributed by atoms with Crippen LogP contribution in [0.5, 0.6) is 0 Å². The summed E-state index contributed by atoms with van der Waals surface area (Å²) in [6, 6.07) is -0.493. The lowest BCUT2D eigenvalue weighted by Crippen LogP contribution is -2.60. The summed E-state index contributed by atoms with van der Waals surface area (Å²) < 4.78 is 0. The number of piperidine rings is 1. The summed E-state index contributed by atoms with van der Waals surface area (Å²) in [7, 11) is 3.93. The zero-order valence-electron chi connectivity index (χ0n) is 21.3. The SMILES string of the molecule is CC(C)[C@@H](CN1CCCC1)N(C)C(=O)[C@@H](NC(=O)[C@H]1CCCCN1C)C(C)(C)C.O=CO. The molecule has 8 nitrogen and oxygen atoms in total. The van der Waals surface area contributed by atoms with Gasteiger partial charge in [-0.15, -0.1) is 0 Å². The minimum Gasteiger partial charge on any atom is -0.483 e. The van der Waals surface area contributed by atoms with Crippen LogP contribution in [0.2, 0.25) is 0 Å². The van der Waals surface area contributed by atoms with Gasteiger partial charge in [-0.3, -0.25) is 19.3 Å². The first-order valence-corrected chi connectivity index (χ1v) is 12.0. The van der Waals surface area contributed by atoms with Crippen molar-refractivity contribution >= 4 is 18.3 Å². The second kappa shape index (κ2) is 13.1. The molecule has 2 saturated heterocycles. The van der Waals surface area contributed by atoms with E-state index in [0.29, 0.717) is 5.92 Å². The zero-order chi connectivity index (χ0) is 24.5. The van der Waals surface area contributed by atoms with Gasteiger partial charge < -0.3 is 20.2 Å². The minimum absolute atomic E-state index is 0.00508. The maximum Gasteiger partial charge on any atom is 0.290 e. The molecular formula is C24H46N4O4. The predicted molar refractivity (Wildman–Crippen MR) is 127 cm³/mol. The van der Waals surface area contributed by atoms with Gasteiger partial charge in [0.1, 0.15) is 6.04 Å². The van der Waals surface area contributed by atoms with Gasteiger partial charge in [-0.25, -0.2) is 0 Å². The Hall–Kier alpha value is -1.67. The standard InChI is InChI=1S/C23H44N4O2.CH2O2/c1-17(2)19(16-27-14-10-11-15-27)26(7)22(29)20(23(3,4)5)24-21(28)18-12-8-9-13-25(18)6;2-1-3/h17-20H,8-16H2,1-7H3,(H,24,28);1H,(H,2,3)/t18-,19-,20-;/m1./s1. The highest BCUT2D eigenvalue weighted by atomic mass is 16.3. The number of likely N-dealkylation sites (tertiary alicyclic amines) is 2. The van der Waals surface area contributed by atoms with E-state index in [1.807, 2.05) is 39.8 Å². The van der Waals surface area contributed by atoms with E-state index < -0.39 is 6.04 Å². The number of carboxylic acid groups (broad SMARTS) is 1. The number of nitrogens with zero attached hydrogens (tertiary/aromatic N) is 3. The topological polar surface area (TPSA) is 93.2 Å². The summed E-state index contributed by atoms with van der Waals surface area (Å²) in [5.41, 5.74) is -0.344. The van der Waals surface area contributed by atoms with Crippen LogP contribution in [0.25, 0.3) is 0 Å². The van der Waals surface area contributed by atoms with Crippen molar-refractivity contribution in [2.75, 3.05) is 40.3 Å². The number of nitrogens with one attached hydrogen (secondary N) is 1. The molecule has 2 N–H and O–H groups in total. The molecule has 186 valence electrons. The van der Waals surface area contributed by atoms with E-state index >= 15 is 0 Å². The third kappa shape index (κ3) is 8.35. The van der Waals surface area contributed by atoms with Crippen LogP contribution in [-0.2, 0) is 14.4 Å². The largest absolute Gasteiger partial charge is 0.483 e. The van der Waals surface area contributed by atoms with Crippen LogP contribution in [0.1, 0.15) is 66.7 Å². The second-order valence-electron chi connectivity index (χ2n) is 10.7. The average Bonchev–Trinajstić information content (AvgIpc) is 3.22. The van der Waals surface area contributed by atoms with Crippen LogP contribution in [-0.4, -0.2) is 96.5 Å². The van der Waals surface area contributed by atoms with Gasteiger partial charge in [0.15, 0.2) is 0 Å². The fourth-order valence-electron chi connectivity index (χ4n) is 4.67. The van der Waals surface area contributed by atoms with E-state index in [1.54, 1.807) is 0 Å². The normalized spacial score (nSPS) is 21.9. The number of rotatable bonds is 7. The van der Waals surface area contributed by atoms with Crippen LogP contribution in [0, 0.1) is 11.3 Å². The Labute approximate surface area is 194 Å². The van der Waals surface area contributed by atoms with Crippen LogP contribution in [0.4, 0.5) is 0 Å². The third-order valence-corrected chi connectivity index (χ3v) is 6.73. The first-order chi connectivity index (χ1) is 14.9. The van der Waals surface area contributed by atoms with Crippen LogP contribution in [0.3, 0.4) is 0 Å². The maximum atomic E-state index is 13.6. The first kappa shape index (κ1) is 28.4. The molecule has 2 rings (SSSR count). The Bertz CT molecular complexity index is 599. The number of carbonyl (C=O) groups is 3. The summed E-state index contributed by atoms with van der Waals surface area (Å²) >= 11 is 0. The number of amides is 2. The van der Waals surface area contributed by atoms with Crippen molar-refractivity contribution in [3.05, 3.63) is 0 Å². The molecule has 0 aromatic rings. The molecule has 2 amide bonds. The van der Waals surface area contributed by atoms with E-state index in [9.17, 15) is 9.59 Å². The highest BCUT2D eigenvalue weighted by Crippen LogP contribution is 2.25. The molecule has 2 heterocycles. The summed E-state index contributed by atoms with van der Waals surface area (Å²) in [6.07, 6.45) is 5.57. The lowest BCUT2D eigenvalue weighted by molar-refractivity contribution is -0.142. The number of carbonyl (C=O) groups excluding carboxylic acids is 2. The maximum absolute atomic E-state index is 13.6. The van der Waals surface area contributed by atoms with Crippen molar-refractivity contribution in [3.63, 3.8) is 0 Å². The number of hydrogen-bond donors (Lipinski definition) is 2. The summed E-state index contributed by atoms with van der Waals surface area (Å²) in [5, 5.41) is 10.0. The van der Waals surface area contributed by atoms with Gasteiger partial charge in [0.2, 0.25) is 11.8 Å². The van der Waals surface area contributed by atoms with E-state index in [0.717, 1.165) is 45.4 Å². The fraction of sp³-hybridized carbons (Fsp3) is 0.875. The molecule has 32 heavy (non-hydrogen) atoms. The molecule has 2 fully saturated rings. The fourth-order valence-corrected chi connectivity index (χ4v) is 4.67. The number of hydrogen-bond acceptors (Lipinski definition) is 5. The monoisotopic (exact) mass is 454 g/mol. The highest BCUT2D eigenvalue weighted by molar-refractivity contribution is 5.90. The molecule has 0 aliphatic carbocycles. The molecule has 3 atom stereocenters. The lowest BCUT2D eigenvalue weighted by Gasteiger charge is -2.40. The zero-order valence-corrected chi connectivity index (χ0v) is 21.3. The summed E-state index contributed by atoms with van der Waals surface area (Å²) in [4.78, 5) is 41.5.